The number of unbranched alkanes of at least 4 members (excludes halogenated alkanes) is 1. The van der Waals surface area contributed by atoms with Gasteiger partial charge >= 0.3 is 6.09 Å². The van der Waals surface area contributed by atoms with E-state index in [0.717, 1.165) is 31.8 Å². The van der Waals surface area contributed by atoms with Gasteiger partial charge in [0, 0.05) is 19.6 Å². The van der Waals surface area contributed by atoms with Crippen molar-refractivity contribution in [2.75, 3.05) is 27.2 Å². The first-order valence-electron chi connectivity index (χ1n) is 7.79. The molecule has 0 aromatic rings. The lowest BCUT2D eigenvalue weighted by molar-refractivity contribution is 0.117. The molecule has 0 unspecified atom stereocenters. The van der Waals surface area contributed by atoms with Crippen LogP contribution >= 0.6 is 0 Å². The van der Waals surface area contributed by atoms with Crippen molar-refractivity contribution in [1.82, 2.24) is 9.80 Å². The summed E-state index contributed by atoms with van der Waals surface area (Å²) >= 11 is 0. The molecule has 0 radical (unpaired) electrons. The molecule has 1 aliphatic carbocycles. The van der Waals surface area contributed by atoms with Crippen molar-refractivity contribution < 1.29 is 9.90 Å². The van der Waals surface area contributed by atoms with E-state index < -0.39 is 6.09 Å². The van der Waals surface area contributed by atoms with Gasteiger partial charge in [-0.05, 0) is 51.6 Å². The summed E-state index contributed by atoms with van der Waals surface area (Å²) in [4.78, 5) is 14.7. The Bertz CT molecular complexity index is 299. The zero-order chi connectivity index (χ0) is 15.0. The largest absolute Gasteiger partial charge is 0.465 e. The number of carbonyl (C=O) groups is 1. The van der Waals surface area contributed by atoms with Gasteiger partial charge in [-0.1, -0.05) is 18.9 Å². The van der Waals surface area contributed by atoms with Gasteiger partial charge in [-0.15, -0.1) is 6.58 Å². The number of rotatable bonds is 8. The van der Waals surface area contributed by atoms with Crippen LogP contribution in [0.2, 0.25) is 0 Å². The molecule has 0 bridgehead atoms. The minimum Gasteiger partial charge on any atom is -0.465 e. The predicted octanol–water partition coefficient (Wildman–Crippen LogP) is 3.44. The summed E-state index contributed by atoms with van der Waals surface area (Å²) in [6.45, 7) is 5.86. The van der Waals surface area contributed by atoms with E-state index in [0.29, 0.717) is 0 Å². The van der Waals surface area contributed by atoms with Gasteiger partial charge in [0.05, 0.1) is 0 Å². The number of hydrogen-bond acceptors (Lipinski definition) is 2. The molecule has 1 saturated carbocycles. The molecule has 0 aliphatic heterocycles. The predicted molar refractivity (Wildman–Crippen MR) is 83.1 cm³/mol. The van der Waals surface area contributed by atoms with Gasteiger partial charge in [0.2, 0.25) is 0 Å². The Kier molecular flexibility index (Phi) is 7.67. The second-order valence-corrected chi connectivity index (χ2v) is 6.11. The quantitative estimate of drug-likeness (QED) is 0.548. The number of hydrogen-bond donors (Lipinski definition) is 1. The number of nitrogens with zero attached hydrogens (tertiary/aromatic N) is 2. The summed E-state index contributed by atoms with van der Waals surface area (Å²) in [5.74, 6) is 0.804. The van der Waals surface area contributed by atoms with Crippen LogP contribution in [0.5, 0.6) is 0 Å². The zero-order valence-electron chi connectivity index (χ0n) is 13.1. The highest BCUT2D eigenvalue weighted by atomic mass is 16.4. The third kappa shape index (κ3) is 5.95. The maximum Gasteiger partial charge on any atom is 0.407 e. The van der Waals surface area contributed by atoms with Gasteiger partial charge in [-0.3, -0.25) is 0 Å². The fraction of sp³-hybridized carbons (Fsp3) is 0.812. The Hall–Kier alpha value is -1.03. The highest BCUT2D eigenvalue weighted by Gasteiger charge is 2.25. The Labute approximate surface area is 123 Å². The fourth-order valence-corrected chi connectivity index (χ4v) is 3.10. The third-order valence-electron chi connectivity index (χ3n) is 4.51. The van der Waals surface area contributed by atoms with E-state index in [4.69, 9.17) is 5.11 Å². The molecule has 0 aromatic carbocycles. The number of likely N-dealkylation sites (N-methyl/N-ethyl adjacent to an activating group) is 1. The molecule has 1 rings (SSSR count). The second-order valence-electron chi connectivity index (χ2n) is 6.11. The Morgan fingerprint density at radius 3 is 2.45 bits per heavy atom. The van der Waals surface area contributed by atoms with Gasteiger partial charge in [0.15, 0.2) is 0 Å². The van der Waals surface area contributed by atoms with Crippen LogP contribution in [0.4, 0.5) is 4.79 Å². The maximum absolute atomic E-state index is 10.9. The molecule has 0 heterocycles. The Morgan fingerprint density at radius 1 is 1.25 bits per heavy atom. The molecule has 0 spiro atoms. The van der Waals surface area contributed by atoms with E-state index in [9.17, 15) is 4.79 Å². The normalized spacial score (nSPS) is 22.8. The summed E-state index contributed by atoms with van der Waals surface area (Å²) in [5.41, 5.74) is 0. The average Bonchev–Trinajstić information content (AvgIpc) is 2.43. The van der Waals surface area contributed by atoms with Crippen molar-refractivity contribution in [2.24, 2.45) is 5.92 Å². The zero-order valence-corrected chi connectivity index (χ0v) is 13.1. The summed E-state index contributed by atoms with van der Waals surface area (Å²) in [6, 6.07) is 0.238. The monoisotopic (exact) mass is 282 g/mol. The van der Waals surface area contributed by atoms with E-state index in [-0.39, 0.29) is 6.04 Å². The second kappa shape index (κ2) is 9.01. The average molecular weight is 282 g/mol. The van der Waals surface area contributed by atoms with Crippen molar-refractivity contribution in [3.8, 4) is 0 Å². The topological polar surface area (TPSA) is 43.8 Å². The summed E-state index contributed by atoms with van der Waals surface area (Å²) < 4.78 is 0. The van der Waals surface area contributed by atoms with E-state index in [1.807, 2.05) is 6.08 Å². The van der Waals surface area contributed by atoms with Crippen LogP contribution in [0.15, 0.2) is 12.7 Å². The van der Waals surface area contributed by atoms with Crippen molar-refractivity contribution in [3.63, 3.8) is 0 Å². The number of carboxylic acid groups (broad SMARTS) is 1. The van der Waals surface area contributed by atoms with E-state index >= 15 is 0 Å². The molecule has 1 N–H and O–H groups in total. The van der Waals surface area contributed by atoms with Crippen LogP contribution in [0.1, 0.15) is 44.9 Å². The Balaban J connectivity index is 2.10. The minimum atomic E-state index is -0.793. The van der Waals surface area contributed by atoms with Crippen molar-refractivity contribution in [1.29, 1.82) is 0 Å². The maximum atomic E-state index is 10.9. The molecular weight excluding hydrogens is 252 g/mol. The molecule has 0 atom stereocenters. The molecule has 1 aliphatic rings. The fourth-order valence-electron chi connectivity index (χ4n) is 3.10. The van der Waals surface area contributed by atoms with Gasteiger partial charge < -0.3 is 14.9 Å². The van der Waals surface area contributed by atoms with Crippen LogP contribution in [0.3, 0.4) is 0 Å². The molecule has 0 saturated heterocycles. The highest BCUT2D eigenvalue weighted by molar-refractivity contribution is 5.64. The molecule has 0 aromatic heterocycles. The van der Waals surface area contributed by atoms with Crippen molar-refractivity contribution in [3.05, 3.63) is 12.7 Å². The number of amides is 1. The SMILES string of the molecule is C=CCN(C)CCCCC1CCC(N(C)C(=O)O)CC1. The van der Waals surface area contributed by atoms with Crippen LogP contribution in [0.25, 0.3) is 0 Å². The first-order valence-corrected chi connectivity index (χ1v) is 7.79. The van der Waals surface area contributed by atoms with Crippen LogP contribution in [0, 0.1) is 5.92 Å². The van der Waals surface area contributed by atoms with E-state index in [2.05, 4.69) is 18.5 Å². The first-order chi connectivity index (χ1) is 9.54. The molecular formula is C16H30N2O2. The molecule has 4 nitrogen and oxygen atoms in total. The molecule has 1 fully saturated rings. The van der Waals surface area contributed by atoms with Gasteiger partial charge in [0.25, 0.3) is 0 Å². The third-order valence-corrected chi connectivity index (χ3v) is 4.51. The lowest BCUT2D eigenvalue weighted by Crippen LogP contribution is -2.38. The van der Waals surface area contributed by atoms with E-state index in [1.165, 1.54) is 37.0 Å². The lowest BCUT2D eigenvalue weighted by atomic mass is 9.82. The van der Waals surface area contributed by atoms with Gasteiger partial charge in [-0.25, -0.2) is 4.79 Å². The smallest absolute Gasteiger partial charge is 0.407 e. The molecule has 4 heteroatoms. The molecule has 116 valence electrons. The Morgan fingerprint density at radius 2 is 1.90 bits per heavy atom. The van der Waals surface area contributed by atoms with Crippen LogP contribution in [-0.2, 0) is 0 Å². The van der Waals surface area contributed by atoms with Gasteiger partial charge in [0.1, 0.15) is 0 Å². The summed E-state index contributed by atoms with van der Waals surface area (Å²) in [7, 11) is 3.83. The highest BCUT2D eigenvalue weighted by Crippen LogP contribution is 2.30. The van der Waals surface area contributed by atoms with E-state index in [1.54, 1.807) is 7.05 Å². The minimum absolute atomic E-state index is 0.238. The molecule has 20 heavy (non-hydrogen) atoms. The van der Waals surface area contributed by atoms with Crippen molar-refractivity contribution >= 4 is 6.09 Å². The van der Waals surface area contributed by atoms with Gasteiger partial charge in [-0.2, -0.15) is 0 Å². The first kappa shape index (κ1) is 17.0. The summed E-state index contributed by atoms with van der Waals surface area (Å²) in [6.07, 6.45) is 9.42. The molecule has 1 amide bonds. The van der Waals surface area contributed by atoms with Crippen LogP contribution in [-0.4, -0.2) is 54.2 Å². The van der Waals surface area contributed by atoms with Crippen LogP contribution < -0.4 is 0 Å². The van der Waals surface area contributed by atoms with Crippen molar-refractivity contribution in [2.45, 2.75) is 51.0 Å². The standard InChI is InChI=1S/C16H30N2O2/c1-4-12-17(2)13-6-5-7-14-8-10-15(11-9-14)18(3)16(19)20/h4,14-15H,1,5-13H2,2-3H3,(H,19,20). The summed E-state index contributed by atoms with van der Waals surface area (Å²) in [5, 5.41) is 8.98. The lowest BCUT2D eigenvalue weighted by Gasteiger charge is -2.33.